The number of rotatable bonds is 6. The summed E-state index contributed by atoms with van der Waals surface area (Å²) in [4.78, 5) is 24.7. The highest BCUT2D eigenvalue weighted by atomic mass is 35.5. The summed E-state index contributed by atoms with van der Waals surface area (Å²) >= 11 is 7.10. The standard InChI is InChI=1S/C19H17ClF3N3O4S/c20-13-2-1-3-14(18(13)25-6-8-30-9-7-25)24-17(27)11-31-16-5-4-12(19(21,22)23)10-15(16)26(28)29/h1-5,10H,6-9,11H2,(H,24,27). The first kappa shape index (κ1) is 23.2. The molecule has 1 aliphatic rings. The van der Waals surface area contributed by atoms with Crippen molar-refractivity contribution in [1.82, 2.24) is 0 Å². The van der Waals surface area contributed by atoms with Gasteiger partial charge < -0.3 is 15.0 Å². The molecule has 1 aliphatic heterocycles. The average Bonchev–Trinajstić information content (AvgIpc) is 2.72. The molecule has 7 nitrogen and oxygen atoms in total. The summed E-state index contributed by atoms with van der Waals surface area (Å²) in [5, 5.41) is 14.4. The average molecular weight is 476 g/mol. The van der Waals surface area contributed by atoms with Crippen molar-refractivity contribution in [1.29, 1.82) is 0 Å². The third-order valence-electron chi connectivity index (χ3n) is 4.43. The molecule has 0 spiro atoms. The zero-order valence-corrected chi connectivity index (χ0v) is 17.5. The fourth-order valence-electron chi connectivity index (χ4n) is 3.01. The fourth-order valence-corrected chi connectivity index (χ4v) is 4.11. The van der Waals surface area contributed by atoms with Crippen LogP contribution in [0, 0.1) is 10.1 Å². The predicted molar refractivity (Wildman–Crippen MR) is 112 cm³/mol. The van der Waals surface area contributed by atoms with E-state index in [4.69, 9.17) is 16.3 Å². The summed E-state index contributed by atoms with van der Waals surface area (Å²) in [5.41, 5.74) is -0.709. The minimum absolute atomic E-state index is 0.0346. The number of nitrogens with one attached hydrogen (secondary N) is 1. The number of amides is 1. The number of carbonyl (C=O) groups excluding carboxylic acids is 1. The van der Waals surface area contributed by atoms with Gasteiger partial charge >= 0.3 is 6.18 Å². The summed E-state index contributed by atoms with van der Waals surface area (Å²) in [6.45, 7) is 2.23. The van der Waals surface area contributed by atoms with Crippen LogP contribution >= 0.6 is 23.4 Å². The van der Waals surface area contributed by atoms with Crippen LogP contribution < -0.4 is 10.2 Å². The van der Waals surface area contributed by atoms with E-state index < -0.39 is 28.3 Å². The molecule has 0 aliphatic carbocycles. The van der Waals surface area contributed by atoms with Crippen LogP contribution in [0.2, 0.25) is 5.02 Å². The van der Waals surface area contributed by atoms with E-state index >= 15 is 0 Å². The molecule has 1 fully saturated rings. The molecule has 31 heavy (non-hydrogen) atoms. The van der Waals surface area contributed by atoms with Crippen LogP contribution in [-0.2, 0) is 15.7 Å². The molecule has 0 atom stereocenters. The number of benzene rings is 2. The number of morpholine rings is 1. The summed E-state index contributed by atoms with van der Waals surface area (Å²) < 4.78 is 43.8. The van der Waals surface area contributed by atoms with E-state index in [9.17, 15) is 28.1 Å². The van der Waals surface area contributed by atoms with E-state index in [1.54, 1.807) is 18.2 Å². The Morgan fingerprint density at radius 3 is 2.61 bits per heavy atom. The molecule has 1 amide bonds. The molecule has 2 aromatic carbocycles. The topological polar surface area (TPSA) is 84.7 Å². The lowest BCUT2D eigenvalue weighted by atomic mass is 10.2. The number of nitrogens with zero attached hydrogens (tertiary/aromatic N) is 2. The number of para-hydroxylation sites is 1. The number of thioether (sulfide) groups is 1. The maximum atomic E-state index is 12.8. The van der Waals surface area contributed by atoms with Gasteiger partial charge in [0, 0.05) is 19.2 Å². The third-order valence-corrected chi connectivity index (χ3v) is 5.80. The fraction of sp³-hybridized carbons (Fsp3) is 0.316. The molecule has 0 radical (unpaired) electrons. The second-order valence-corrected chi connectivity index (χ2v) is 7.93. The van der Waals surface area contributed by atoms with Gasteiger partial charge in [-0.1, -0.05) is 17.7 Å². The second kappa shape index (κ2) is 9.75. The van der Waals surface area contributed by atoms with E-state index in [0.29, 0.717) is 48.8 Å². The molecule has 0 unspecified atom stereocenters. The lowest BCUT2D eigenvalue weighted by molar-refractivity contribution is -0.388. The second-order valence-electron chi connectivity index (χ2n) is 6.51. The number of hydrogen-bond donors (Lipinski definition) is 1. The van der Waals surface area contributed by atoms with Gasteiger partial charge in [-0.25, -0.2) is 0 Å². The summed E-state index contributed by atoms with van der Waals surface area (Å²) in [5.74, 6) is -0.711. The molecule has 2 aromatic rings. The molecule has 0 bridgehead atoms. The van der Waals surface area contributed by atoms with Crippen LogP contribution in [0.25, 0.3) is 0 Å². The lowest BCUT2D eigenvalue weighted by Gasteiger charge is -2.31. The SMILES string of the molecule is O=C(CSc1ccc(C(F)(F)F)cc1[N+](=O)[O-])Nc1cccc(Cl)c1N1CCOCC1. The largest absolute Gasteiger partial charge is 0.416 e. The van der Waals surface area contributed by atoms with Gasteiger partial charge in [0.05, 0.1) is 50.7 Å². The number of carbonyl (C=O) groups is 1. The number of nitro benzene ring substituents is 1. The van der Waals surface area contributed by atoms with Crippen molar-refractivity contribution in [3.63, 3.8) is 0 Å². The van der Waals surface area contributed by atoms with E-state index in [1.165, 1.54) is 0 Å². The van der Waals surface area contributed by atoms with Crippen LogP contribution in [0.1, 0.15) is 5.56 Å². The number of anilines is 2. The normalized spacial score (nSPS) is 14.4. The number of nitro groups is 1. The van der Waals surface area contributed by atoms with E-state index in [0.717, 1.165) is 23.9 Å². The van der Waals surface area contributed by atoms with Gasteiger partial charge in [0.15, 0.2) is 0 Å². The molecular formula is C19H17ClF3N3O4S. The Kier molecular flexibility index (Phi) is 7.29. The zero-order chi connectivity index (χ0) is 22.6. The highest BCUT2D eigenvalue weighted by Crippen LogP contribution is 2.37. The van der Waals surface area contributed by atoms with E-state index in [-0.39, 0.29) is 10.6 Å². The van der Waals surface area contributed by atoms with Crippen LogP contribution in [0.15, 0.2) is 41.3 Å². The molecule has 1 N–H and O–H groups in total. The summed E-state index contributed by atoms with van der Waals surface area (Å²) in [7, 11) is 0. The van der Waals surface area contributed by atoms with Gasteiger partial charge in [-0.3, -0.25) is 14.9 Å². The minimum atomic E-state index is -4.70. The van der Waals surface area contributed by atoms with Crippen molar-refractivity contribution in [3.05, 3.63) is 57.1 Å². The number of hydrogen-bond acceptors (Lipinski definition) is 6. The monoisotopic (exact) mass is 475 g/mol. The Morgan fingerprint density at radius 1 is 1.26 bits per heavy atom. The highest BCUT2D eigenvalue weighted by Gasteiger charge is 2.33. The van der Waals surface area contributed by atoms with E-state index in [2.05, 4.69) is 5.32 Å². The Hall–Kier alpha value is -2.50. The summed E-state index contributed by atoms with van der Waals surface area (Å²) in [6.07, 6.45) is -4.70. The van der Waals surface area contributed by atoms with Gasteiger partial charge in [0.25, 0.3) is 5.69 Å². The van der Waals surface area contributed by atoms with Gasteiger partial charge in [-0.2, -0.15) is 13.2 Å². The zero-order valence-electron chi connectivity index (χ0n) is 15.9. The van der Waals surface area contributed by atoms with Crippen LogP contribution in [-0.4, -0.2) is 42.9 Å². The molecular weight excluding hydrogens is 459 g/mol. The van der Waals surface area contributed by atoms with Crippen LogP contribution in [0.5, 0.6) is 0 Å². The first-order valence-corrected chi connectivity index (χ1v) is 10.4. The number of alkyl halides is 3. The maximum absolute atomic E-state index is 12.8. The van der Waals surface area contributed by atoms with Gasteiger partial charge in [-0.15, -0.1) is 11.8 Å². The highest BCUT2D eigenvalue weighted by molar-refractivity contribution is 8.00. The quantitative estimate of drug-likeness (QED) is 0.366. The number of ether oxygens (including phenoxy) is 1. The van der Waals surface area contributed by atoms with Crippen molar-refractivity contribution < 1.29 is 27.6 Å². The molecule has 0 saturated carbocycles. The van der Waals surface area contributed by atoms with Crippen LogP contribution in [0.4, 0.5) is 30.2 Å². The Morgan fingerprint density at radius 2 is 1.97 bits per heavy atom. The Bertz CT molecular complexity index is 984. The van der Waals surface area contributed by atoms with Crippen molar-refractivity contribution in [3.8, 4) is 0 Å². The van der Waals surface area contributed by atoms with Crippen molar-refractivity contribution in [2.24, 2.45) is 0 Å². The first-order chi connectivity index (χ1) is 14.7. The van der Waals surface area contributed by atoms with Crippen molar-refractivity contribution in [2.75, 3.05) is 42.3 Å². The first-order valence-electron chi connectivity index (χ1n) is 9.06. The molecule has 3 rings (SSSR count). The summed E-state index contributed by atoms with van der Waals surface area (Å²) in [6, 6.07) is 7.27. The third kappa shape index (κ3) is 5.81. The molecule has 0 aromatic heterocycles. The molecule has 166 valence electrons. The van der Waals surface area contributed by atoms with Crippen LogP contribution in [0.3, 0.4) is 0 Å². The Labute approximate surface area is 184 Å². The van der Waals surface area contributed by atoms with Gasteiger partial charge in [0.1, 0.15) is 0 Å². The molecule has 12 heteroatoms. The minimum Gasteiger partial charge on any atom is -0.378 e. The van der Waals surface area contributed by atoms with Gasteiger partial charge in [-0.05, 0) is 24.3 Å². The molecule has 1 saturated heterocycles. The van der Waals surface area contributed by atoms with E-state index in [1.807, 2.05) is 4.90 Å². The van der Waals surface area contributed by atoms with Crippen molar-refractivity contribution in [2.45, 2.75) is 11.1 Å². The van der Waals surface area contributed by atoms with Crippen molar-refractivity contribution >= 4 is 46.3 Å². The smallest absolute Gasteiger partial charge is 0.378 e. The predicted octanol–water partition coefficient (Wildman–Crippen LogP) is 4.83. The Balaban J connectivity index is 1.73. The lowest BCUT2D eigenvalue weighted by Crippen LogP contribution is -2.37. The molecule has 1 heterocycles. The number of halogens is 4. The maximum Gasteiger partial charge on any atom is 0.416 e. The van der Waals surface area contributed by atoms with Gasteiger partial charge in [0.2, 0.25) is 5.91 Å².